The summed E-state index contributed by atoms with van der Waals surface area (Å²) < 4.78 is 9.86. The molecule has 32 heavy (non-hydrogen) atoms. The van der Waals surface area contributed by atoms with Crippen molar-refractivity contribution in [2.24, 2.45) is 0 Å². The van der Waals surface area contributed by atoms with Gasteiger partial charge in [0.2, 0.25) is 0 Å². The standard InChI is InChI=1S/C25H24N2O5/c1-17-10-12-18(13-11-17)15-26-25(30)21-8-3-4-9-22(21)27-24(29)19-6-5-7-20(14-19)32-16-23(28)31-2/h3-14H,15-16H2,1-2H3,(H,26,30)(H,27,29). The molecule has 0 radical (unpaired) electrons. The number of esters is 1. The second kappa shape index (κ2) is 10.8. The summed E-state index contributed by atoms with van der Waals surface area (Å²) in [6, 6.07) is 21.1. The summed E-state index contributed by atoms with van der Waals surface area (Å²) >= 11 is 0. The first-order chi connectivity index (χ1) is 15.5. The fourth-order valence-electron chi connectivity index (χ4n) is 2.90. The number of ether oxygens (including phenoxy) is 2. The highest BCUT2D eigenvalue weighted by Crippen LogP contribution is 2.19. The molecule has 0 saturated heterocycles. The third kappa shape index (κ3) is 6.18. The van der Waals surface area contributed by atoms with E-state index in [-0.39, 0.29) is 12.5 Å². The number of nitrogens with one attached hydrogen (secondary N) is 2. The Morgan fingerprint density at radius 1 is 0.875 bits per heavy atom. The highest BCUT2D eigenvalue weighted by Gasteiger charge is 2.15. The van der Waals surface area contributed by atoms with E-state index in [4.69, 9.17) is 4.74 Å². The molecular formula is C25H24N2O5. The Hall–Kier alpha value is -4.13. The predicted molar refractivity (Wildman–Crippen MR) is 121 cm³/mol. The van der Waals surface area contributed by atoms with E-state index in [0.29, 0.717) is 29.1 Å². The van der Waals surface area contributed by atoms with Crippen LogP contribution in [0.4, 0.5) is 5.69 Å². The summed E-state index contributed by atoms with van der Waals surface area (Å²) in [5.74, 6) is -0.874. The SMILES string of the molecule is COC(=O)COc1cccc(C(=O)Nc2ccccc2C(=O)NCc2ccc(C)cc2)c1. The molecule has 0 aliphatic rings. The molecule has 0 aromatic heterocycles. The second-order valence-corrected chi connectivity index (χ2v) is 7.06. The quantitative estimate of drug-likeness (QED) is 0.529. The van der Waals surface area contributed by atoms with Crippen molar-refractivity contribution in [1.29, 1.82) is 0 Å². The number of anilines is 1. The van der Waals surface area contributed by atoms with E-state index in [1.54, 1.807) is 42.5 Å². The molecule has 0 saturated carbocycles. The smallest absolute Gasteiger partial charge is 0.343 e. The van der Waals surface area contributed by atoms with Crippen LogP contribution in [0.3, 0.4) is 0 Å². The van der Waals surface area contributed by atoms with Gasteiger partial charge >= 0.3 is 5.97 Å². The van der Waals surface area contributed by atoms with Crippen molar-refractivity contribution in [2.45, 2.75) is 13.5 Å². The maximum Gasteiger partial charge on any atom is 0.343 e. The number of hydrogen-bond donors (Lipinski definition) is 2. The van der Waals surface area contributed by atoms with E-state index in [2.05, 4.69) is 15.4 Å². The van der Waals surface area contributed by atoms with Crippen LogP contribution in [0.15, 0.2) is 72.8 Å². The maximum atomic E-state index is 12.8. The molecule has 2 amide bonds. The van der Waals surface area contributed by atoms with Crippen molar-refractivity contribution in [1.82, 2.24) is 5.32 Å². The van der Waals surface area contributed by atoms with E-state index in [0.717, 1.165) is 11.1 Å². The fraction of sp³-hybridized carbons (Fsp3) is 0.160. The molecule has 164 valence electrons. The molecule has 0 bridgehead atoms. The highest BCUT2D eigenvalue weighted by molar-refractivity contribution is 6.09. The van der Waals surface area contributed by atoms with Gasteiger partial charge in [-0.15, -0.1) is 0 Å². The van der Waals surface area contributed by atoms with Gasteiger partial charge in [0.05, 0.1) is 18.4 Å². The zero-order valence-electron chi connectivity index (χ0n) is 17.9. The molecule has 0 atom stereocenters. The number of amides is 2. The third-order valence-corrected chi connectivity index (χ3v) is 4.67. The predicted octanol–water partition coefficient (Wildman–Crippen LogP) is 3.73. The van der Waals surface area contributed by atoms with E-state index < -0.39 is 11.9 Å². The molecule has 3 aromatic carbocycles. The topological polar surface area (TPSA) is 93.7 Å². The Balaban J connectivity index is 1.67. The van der Waals surface area contributed by atoms with Crippen LogP contribution < -0.4 is 15.4 Å². The summed E-state index contributed by atoms with van der Waals surface area (Å²) in [6.07, 6.45) is 0. The minimum absolute atomic E-state index is 0.258. The van der Waals surface area contributed by atoms with Gasteiger partial charge in [0, 0.05) is 12.1 Å². The molecule has 0 fully saturated rings. The zero-order valence-corrected chi connectivity index (χ0v) is 17.9. The molecule has 3 aromatic rings. The molecule has 0 heterocycles. The molecule has 0 spiro atoms. The lowest BCUT2D eigenvalue weighted by atomic mass is 10.1. The third-order valence-electron chi connectivity index (χ3n) is 4.67. The molecule has 3 rings (SSSR count). The minimum Gasteiger partial charge on any atom is -0.482 e. The number of benzene rings is 3. The van der Waals surface area contributed by atoms with Crippen LogP contribution in [0.25, 0.3) is 0 Å². The Morgan fingerprint density at radius 2 is 1.62 bits per heavy atom. The number of methoxy groups -OCH3 is 1. The van der Waals surface area contributed by atoms with Crippen LogP contribution >= 0.6 is 0 Å². The largest absolute Gasteiger partial charge is 0.482 e. The lowest BCUT2D eigenvalue weighted by Crippen LogP contribution is -2.25. The van der Waals surface area contributed by atoms with Crippen molar-refractivity contribution in [2.75, 3.05) is 19.0 Å². The number of rotatable bonds is 8. The van der Waals surface area contributed by atoms with Crippen molar-refractivity contribution in [3.63, 3.8) is 0 Å². The lowest BCUT2D eigenvalue weighted by Gasteiger charge is -2.12. The van der Waals surface area contributed by atoms with Crippen LogP contribution in [0, 0.1) is 6.92 Å². The first kappa shape index (κ1) is 22.6. The normalized spacial score (nSPS) is 10.2. The van der Waals surface area contributed by atoms with Crippen molar-refractivity contribution >= 4 is 23.5 Å². The van der Waals surface area contributed by atoms with Gasteiger partial charge in [-0.2, -0.15) is 0 Å². The van der Waals surface area contributed by atoms with E-state index >= 15 is 0 Å². The van der Waals surface area contributed by atoms with Crippen LogP contribution in [0.1, 0.15) is 31.8 Å². The first-order valence-corrected chi connectivity index (χ1v) is 10.00. The first-order valence-electron chi connectivity index (χ1n) is 10.00. The van der Waals surface area contributed by atoms with E-state index in [1.807, 2.05) is 31.2 Å². The number of aryl methyl sites for hydroxylation is 1. The summed E-state index contributed by atoms with van der Waals surface area (Å²) in [5.41, 5.74) is 3.19. The van der Waals surface area contributed by atoms with Gasteiger partial charge in [0.1, 0.15) is 5.75 Å². The molecule has 7 heteroatoms. The van der Waals surface area contributed by atoms with Crippen LogP contribution in [0.2, 0.25) is 0 Å². The van der Waals surface area contributed by atoms with Crippen molar-refractivity contribution < 1.29 is 23.9 Å². The number of carbonyl (C=O) groups is 3. The number of hydrogen-bond acceptors (Lipinski definition) is 5. The van der Waals surface area contributed by atoms with Crippen LogP contribution in [0.5, 0.6) is 5.75 Å². The van der Waals surface area contributed by atoms with Gasteiger partial charge < -0.3 is 20.1 Å². The highest BCUT2D eigenvalue weighted by atomic mass is 16.6. The second-order valence-electron chi connectivity index (χ2n) is 7.06. The summed E-state index contributed by atoms with van der Waals surface area (Å²) in [6.45, 7) is 2.12. The average Bonchev–Trinajstić information content (AvgIpc) is 2.82. The Morgan fingerprint density at radius 3 is 2.38 bits per heavy atom. The van der Waals surface area contributed by atoms with E-state index in [9.17, 15) is 14.4 Å². The monoisotopic (exact) mass is 432 g/mol. The summed E-state index contributed by atoms with van der Waals surface area (Å²) in [7, 11) is 1.27. The van der Waals surface area contributed by atoms with Gasteiger partial charge in [0.15, 0.2) is 6.61 Å². The van der Waals surface area contributed by atoms with Crippen LogP contribution in [-0.2, 0) is 16.1 Å². The maximum absolute atomic E-state index is 12.8. The Labute approximate surface area is 186 Å². The molecular weight excluding hydrogens is 408 g/mol. The van der Waals surface area contributed by atoms with Gasteiger partial charge in [-0.1, -0.05) is 48.0 Å². The minimum atomic E-state index is -0.523. The van der Waals surface area contributed by atoms with Crippen molar-refractivity contribution in [3.05, 3.63) is 95.1 Å². The molecule has 0 aliphatic carbocycles. The van der Waals surface area contributed by atoms with Crippen molar-refractivity contribution in [3.8, 4) is 5.75 Å². The fourth-order valence-corrected chi connectivity index (χ4v) is 2.90. The summed E-state index contributed by atoms with van der Waals surface area (Å²) in [4.78, 5) is 36.7. The molecule has 0 unspecified atom stereocenters. The Kier molecular flexibility index (Phi) is 7.59. The van der Waals surface area contributed by atoms with Crippen LogP contribution in [-0.4, -0.2) is 31.5 Å². The van der Waals surface area contributed by atoms with Gasteiger partial charge in [0.25, 0.3) is 11.8 Å². The van der Waals surface area contributed by atoms with Gasteiger partial charge in [-0.05, 0) is 42.8 Å². The van der Waals surface area contributed by atoms with Gasteiger partial charge in [-0.3, -0.25) is 9.59 Å². The molecule has 2 N–H and O–H groups in total. The van der Waals surface area contributed by atoms with Gasteiger partial charge in [-0.25, -0.2) is 4.79 Å². The summed E-state index contributed by atoms with van der Waals surface area (Å²) in [5, 5.41) is 5.65. The number of para-hydroxylation sites is 1. The molecule has 7 nitrogen and oxygen atoms in total. The zero-order chi connectivity index (χ0) is 22.9. The molecule has 0 aliphatic heterocycles. The lowest BCUT2D eigenvalue weighted by molar-refractivity contribution is -0.142. The average molecular weight is 432 g/mol. The number of carbonyl (C=O) groups excluding carboxylic acids is 3. The van der Waals surface area contributed by atoms with E-state index in [1.165, 1.54) is 13.2 Å². The Bertz CT molecular complexity index is 1110.